The quantitative estimate of drug-likeness (QED) is 0.633. The first kappa shape index (κ1) is 20.8. The van der Waals surface area contributed by atoms with Crippen molar-refractivity contribution in [2.24, 2.45) is 0 Å². The Labute approximate surface area is 181 Å². The van der Waals surface area contributed by atoms with Crippen molar-refractivity contribution in [1.29, 1.82) is 0 Å². The maximum absolute atomic E-state index is 12.3. The summed E-state index contributed by atoms with van der Waals surface area (Å²) in [4.78, 5) is 16.9. The third-order valence-corrected chi connectivity index (χ3v) is 6.37. The number of carbonyl (C=O) groups excluding carboxylic acids is 1. The number of rotatable bonds is 7. The molecule has 30 heavy (non-hydrogen) atoms. The van der Waals surface area contributed by atoms with Gasteiger partial charge in [-0.05, 0) is 49.7 Å². The zero-order chi connectivity index (χ0) is 20.9. The second kappa shape index (κ2) is 9.55. The Morgan fingerprint density at radius 3 is 2.77 bits per heavy atom. The molecule has 0 spiro atoms. The molecule has 7 heteroatoms. The molecule has 1 saturated heterocycles. The second-order valence-corrected chi connectivity index (χ2v) is 8.80. The normalized spacial score (nSPS) is 14.7. The molecule has 1 fully saturated rings. The average Bonchev–Trinajstić information content (AvgIpc) is 3.34. The molecule has 1 aromatic carbocycles. The third-order valence-electron chi connectivity index (χ3n) is 5.24. The number of aryl methyl sites for hydroxylation is 2. The van der Waals surface area contributed by atoms with Crippen molar-refractivity contribution in [1.82, 2.24) is 20.0 Å². The molecular weight excluding hydrogens is 396 g/mol. The van der Waals surface area contributed by atoms with E-state index in [-0.39, 0.29) is 5.91 Å². The van der Waals surface area contributed by atoms with Crippen LogP contribution < -0.4 is 5.32 Å². The molecule has 0 radical (unpaired) electrons. The molecule has 0 aliphatic carbocycles. The van der Waals surface area contributed by atoms with E-state index >= 15 is 0 Å². The van der Waals surface area contributed by atoms with Crippen molar-refractivity contribution in [3.63, 3.8) is 0 Å². The van der Waals surface area contributed by atoms with Crippen LogP contribution in [-0.4, -0.2) is 60.0 Å². The lowest BCUT2D eigenvalue weighted by molar-refractivity contribution is -0.120. The molecule has 0 unspecified atom stereocenters. The first-order valence-electron chi connectivity index (χ1n) is 10.4. The van der Waals surface area contributed by atoms with Crippen LogP contribution in [0.25, 0.3) is 16.1 Å². The standard InChI is InChI=1S/C23H28N4O2S/c1-17-14-18(2)27(25-17)20-5-3-4-19(15-20)22-7-6-21(30-22)16-23(28)24-8-9-26-10-12-29-13-11-26/h3-7,14-15H,8-13,16H2,1-2H3,(H,24,28). The minimum atomic E-state index is 0.0769. The average molecular weight is 425 g/mol. The van der Waals surface area contributed by atoms with Crippen LogP contribution >= 0.6 is 11.3 Å². The van der Waals surface area contributed by atoms with Gasteiger partial charge in [0.15, 0.2) is 0 Å². The fourth-order valence-corrected chi connectivity index (χ4v) is 4.71. The smallest absolute Gasteiger partial charge is 0.225 e. The summed E-state index contributed by atoms with van der Waals surface area (Å²) in [5.41, 5.74) is 4.32. The third kappa shape index (κ3) is 5.16. The molecule has 0 bridgehead atoms. The van der Waals surface area contributed by atoms with Crippen LogP contribution in [0.5, 0.6) is 0 Å². The molecule has 3 heterocycles. The summed E-state index contributed by atoms with van der Waals surface area (Å²) in [6.45, 7) is 9.09. The van der Waals surface area contributed by atoms with Crippen LogP contribution in [0, 0.1) is 13.8 Å². The molecular formula is C23H28N4O2S. The Balaban J connectivity index is 1.35. The van der Waals surface area contributed by atoms with Crippen LogP contribution in [0.2, 0.25) is 0 Å². The van der Waals surface area contributed by atoms with Gasteiger partial charge in [-0.3, -0.25) is 9.69 Å². The lowest BCUT2D eigenvalue weighted by Gasteiger charge is -2.26. The molecule has 0 saturated carbocycles. The fraction of sp³-hybridized carbons (Fsp3) is 0.391. The van der Waals surface area contributed by atoms with Gasteiger partial charge >= 0.3 is 0 Å². The highest BCUT2D eigenvalue weighted by molar-refractivity contribution is 7.15. The van der Waals surface area contributed by atoms with Gasteiger partial charge in [0, 0.05) is 41.6 Å². The van der Waals surface area contributed by atoms with Crippen molar-refractivity contribution in [2.75, 3.05) is 39.4 Å². The Morgan fingerprint density at radius 1 is 1.17 bits per heavy atom. The van der Waals surface area contributed by atoms with Crippen molar-refractivity contribution >= 4 is 17.2 Å². The Bertz CT molecular complexity index is 1000. The fourth-order valence-electron chi connectivity index (χ4n) is 3.71. The lowest BCUT2D eigenvalue weighted by atomic mass is 10.1. The van der Waals surface area contributed by atoms with Gasteiger partial charge in [0.05, 0.1) is 31.0 Å². The van der Waals surface area contributed by atoms with Crippen LogP contribution in [0.15, 0.2) is 42.5 Å². The van der Waals surface area contributed by atoms with Crippen molar-refractivity contribution in [2.45, 2.75) is 20.3 Å². The summed E-state index contributed by atoms with van der Waals surface area (Å²) < 4.78 is 7.32. The SMILES string of the molecule is Cc1cc(C)n(-c2cccc(-c3ccc(CC(=O)NCCN4CCOCC4)s3)c2)n1. The zero-order valence-electron chi connectivity index (χ0n) is 17.6. The number of nitrogens with zero attached hydrogens (tertiary/aromatic N) is 3. The highest BCUT2D eigenvalue weighted by atomic mass is 32.1. The van der Waals surface area contributed by atoms with Crippen molar-refractivity contribution in [3.05, 3.63) is 58.7 Å². The molecule has 1 aliphatic heterocycles. The summed E-state index contributed by atoms with van der Waals surface area (Å²) >= 11 is 1.67. The summed E-state index contributed by atoms with van der Waals surface area (Å²) in [5.74, 6) is 0.0769. The molecule has 3 aromatic rings. The Hall–Kier alpha value is -2.48. The van der Waals surface area contributed by atoms with Crippen LogP contribution in [0.3, 0.4) is 0 Å². The summed E-state index contributed by atoms with van der Waals surface area (Å²) in [6, 6.07) is 14.6. The lowest BCUT2D eigenvalue weighted by Crippen LogP contribution is -2.41. The number of benzene rings is 1. The molecule has 2 aromatic heterocycles. The monoisotopic (exact) mass is 424 g/mol. The van der Waals surface area contributed by atoms with Crippen molar-refractivity contribution < 1.29 is 9.53 Å². The van der Waals surface area contributed by atoms with E-state index in [1.807, 2.05) is 11.6 Å². The maximum atomic E-state index is 12.3. The van der Waals surface area contributed by atoms with E-state index in [2.05, 4.69) is 64.7 Å². The highest BCUT2D eigenvalue weighted by Gasteiger charge is 2.12. The number of ether oxygens (including phenoxy) is 1. The number of nitrogens with one attached hydrogen (secondary N) is 1. The van der Waals surface area contributed by atoms with E-state index < -0.39 is 0 Å². The summed E-state index contributed by atoms with van der Waals surface area (Å²) in [7, 11) is 0. The molecule has 0 atom stereocenters. The number of aromatic nitrogens is 2. The van der Waals surface area contributed by atoms with Crippen LogP contribution in [0.1, 0.15) is 16.3 Å². The van der Waals surface area contributed by atoms with Gasteiger partial charge in [-0.1, -0.05) is 12.1 Å². The van der Waals surface area contributed by atoms with Gasteiger partial charge < -0.3 is 10.1 Å². The zero-order valence-corrected chi connectivity index (χ0v) is 18.4. The van der Waals surface area contributed by atoms with E-state index in [1.165, 1.54) is 0 Å². The first-order valence-corrected chi connectivity index (χ1v) is 11.2. The largest absolute Gasteiger partial charge is 0.379 e. The predicted octanol–water partition coefficient (Wildman–Crippen LogP) is 3.21. The van der Waals surface area contributed by atoms with Gasteiger partial charge in [0.25, 0.3) is 0 Å². The van der Waals surface area contributed by atoms with E-state index in [0.717, 1.165) is 65.2 Å². The molecule has 6 nitrogen and oxygen atoms in total. The summed E-state index contributed by atoms with van der Waals surface area (Å²) in [5, 5.41) is 7.62. The molecule has 1 N–H and O–H groups in total. The van der Waals surface area contributed by atoms with E-state index in [0.29, 0.717) is 13.0 Å². The Morgan fingerprint density at radius 2 is 2.00 bits per heavy atom. The van der Waals surface area contributed by atoms with Gasteiger partial charge in [0.2, 0.25) is 5.91 Å². The van der Waals surface area contributed by atoms with Gasteiger partial charge in [-0.2, -0.15) is 5.10 Å². The van der Waals surface area contributed by atoms with Crippen molar-refractivity contribution in [3.8, 4) is 16.1 Å². The predicted molar refractivity (Wildman–Crippen MR) is 120 cm³/mol. The molecule has 1 amide bonds. The van der Waals surface area contributed by atoms with Crippen LogP contribution in [0.4, 0.5) is 0 Å². The number of amides is 1. The Kier molecular flexibility index (Phi) is 6.62. The molecule has 1 aliphatic rings. The summed E-state index contributed by atoms with van der Waals surface area (Å²) in [6.07, 6.45) is 0.422. The number of hydrogen-bond donors (Lipinski definition) is 1. The van der Waals surface area contributed by atoms with E-state index in [4.69, 9.17) is 4.74 Å². The number of hydrogen-bond acceptors (Lipinski definition) is 5. The minimum Gasteiger partial charge on any atom is -0.379 e. The van der Waals surface area contributed by atoms with Gasteiger partial charge in [0.1, 0.15) is 0 Å². The second-order valence-electron chi connectivity index (χ2n) is 7.64. The van der Waals surface area contributed by atoms with E-state index in [1.54, 1.807) is 11.3 Å². The number of carbonyl (C=O) groups is 1. The van der Waals surface area contributed by atoms with E-state index in [9.17, 15) is 4.79 Å². The first-order chi connectivity index (χ1) is 14.6. The highest BCUT2D eigenvalue weighted by Crippen LogP contribution is 2.30. The van der Waals surface area contributed by atoms with Gasteiger partial charge in [-0.15, -0.1) is 11.3 Å². The molecule has 4 rings (SSSR count). The number of morpholine rings is 1. The maximum Gasteiger partial charge on any atom is 0.225 e. The van der Waals surface area contributed by atoms with Gasteiger partial charge in [-0.25, -0.2) is 4.68 Å². The molecule has 158 valence electrons. The number of thiophene rings is 1. The van der Waals surface area contributed by atoms with Crippen LogP contribution in [-0.2, 0) is 16.0 Å². The topological polar surface area (TPSA) is 59.4 Å². The minimum absolute atomic E-state index is 0.0769.